The maximum absolute atomic E-state index is 9.89. The van der Waals surface area contributed by atoms with Crippen LogP contribution in [0.4, 0.5) is 0 Å². The lowest BCUT2D eigenvalue weighted by Gasteiger charge is -2.19. The molecule has 0 radical (unpaired) electrons. The summed E-state index contributed by atoms with van der Waals surface area (Å²) < 4.78 is 0. The zero-order chi connectivity index (χ0) is 8.81. The van der Waals surface area contributed by atoms with Crippen molar-refractivity contribution in [2.45, 2.75) is 25.9 Å². The Morgan fingerprint density at radius 1 is 1.42 bits per heavy atom. The van der Waals surface area contributed by atoms with Gasteiger partial charge in [-0.05, 0) is 12.5 Å². The molecule has 1 aliphatic rings. The monoisotopic (exact) mass is 167 g/mol. The minimum absolute atomic E-state index is 0.160. The first-order chi connectivity index (χ1) is 5.88. The number of hydrogen-bond donors (Lipinski definition) is 0. The van der Waals surface area contributed by atoms with Gasteiger partial charge in [-0.1, -0.05) is 31.6 Å². The molecule has 0 saturated heterocycles. The van der Waals surface area contributed by atoms with E-state index in [0.717, 1.165) is 12.8 Å². The minimum Gasteiger partial charge on any atom is -0.356 e. The largest absolute Gasteiger partial charge is 0.356 e. The Labute approximate surface area is 72.0 Å². The molecule has 12 heavy (non-hydrogen) atoms. The van der Waals surface area contributed by atoms with Crippen molar-refractivity contribution in [2.24, 2.45) is 11.3 Å². The quantitative estimate of drug-likeness (QED) is 0.476. The van der Waals surface area contributed by atoms with E-state index in [1.54, 1.807) is 0 Å². The van der Waals surface area contributed by atoms with Gasteiger partial charge in [0.05, 0.1) is 0 Å². The highest BCUT2D eigenvalue weighted by molar-refractivity contribution is 5.15. The highest BCUT2D eigenvalue weighted by Gasteiger charge is 2.19. The molecule has 3 heteroatoms. The molecule has 0 amide bonds. The predicted molar refractivity (Wildman–Crippen MR) is 47.3 cm³/mol. The molecule has 0 bridgehead atoms. The molecule has 3 nitrogen and oxygen atoms in total. The van der Waals surface area contributed by atoms with Crippen LogP contribution >= 0.6 is 0 Å². The third-order valence-corrected chi connectivity index (χ3v) is 1.98. The maximum Gasteiger partial charge on any atom is 0.155 e. The van der Waals surface area contributed by atoms with Gasteiger partial charge in [-0.25, -0.2) is 0 Å². The predicted octanol–water partition coefficient (Wildman–Crippen LogP) is 2.60. The van der Waals surface area contributed by atoms with Crippen LogP contribution in [0.25, 0.3) is 0 Å². The molecule has 0 spiro atoms. The van der Waals surface area contributed by atoms with Crippen molar-refractivity contribution in [3.05, 3.63) is 29.2 Å². The summed E-state index contributed by atoms with van der Waals surface area (Å²) in [6, 6.07) is 0. The van der Waals surface area contributed by atoms with Gasteiger partial charge in [0.1, 0.15) is 0 Å². The summed E-state index contributed by atoms with van der Waals surface area (Å²) in [6.07, 6.45) is 9.73. The molecular weight excluding hydrogens is 154 g/mol. The van der Waals surface area contributed by atoms with E-state index in [0.29, 0.717) is 5.92 Å². The van der Waals surface area contributed by atoms with Crippen molar-refractivity contribution in [1.82, 2.24) is 0 Å². The molecule has 2 unspecified atom stereocenters. The fraction of sp³-hybridized carbons (Fsp3) is 0.556. The van der Waals surface area contributed by atoms with Crippen LogP contribution in [0.15, 0.2) is 29.6 Å². The van der Waals surface area contributed by atoms with Gasteiger partial charge in [-0.2, -0.15) is 0 Å². The van der Waals surface area contributed by atoms with Crippen molar-refractivity contribution in [3.8, 4) is 0 Å². The zero-order valence-electron chi connectivity index (χ0n) is 7.14. The summed E-state index contributed by atoms with van der Waals surface area (Å²) in [4.78, 5) is 14.6. The van der Waals surface area contributed by atoms with Gasteiger partial charge in [-0.15, -0.1) is 4.91 Å². The maximum atomic E-state index is 9.89. The minimum atomic E-state index is -0.160. The van der Waals surface area contributed by atoms with Crippen LogP contribution in [-0.2, 0) is 4.84 Å². The van der Waals surface area contributed by atoms with Gasteiger partial charge in [0.15, 0.2) is 11.4 Å². The van der Waals surface area contributed by atoms with E-state index in [1.807, 2.05) is 18.2 Å². The molecule has 0 aromatic rings. The lowest BCUT2D eigenvalue weighted by atomic mass is 9.93. The molecule has 0 heterocycles. The highest BCUT2D eigenvalue weighted by atomic mass is 16.7. The van der Waals surface area contributed by atoms with Crippen molar-refractivity contribution in [1.29, 1.82) is 0 Å². The van der Waals surface area contributed by atoms with Crippen molar-refractivity contribution >= 4 is 0 Å². The number of allylic oxidation sites excluding steroid dienone is 2. The smallest absolute Gasteiger partial charge is 0.155 e. The number of nitrogens with zero attached hydrogens (tertiary/aromatic N) is 1. The average Bonchev–Trinajstić information content (AvgIpc) is 2.09. The van der Waals surface area contributed by atoms with Crippen molar-refractivity contribution < 1.29 is 4.84 Å². The highest BCUT2D eigenvalue weighted by Crippen LogP contribution is 2.20. The molecule has 0 aliphatic heterocycles. The van der Waals surface area contributed by atoms with Gasteiger partial charge in [0, 0.05) is 5.92 Å². The zero-order valence-corrected chi connectivity index (χ0v) is 7.14. The molecule has 2 atom stereocenters. The topological polar surface area (TPSA) is 38.7 Å². The summed E-state index contributed by atoms with van der Waals surface area (Å²) in [7, 11) is 0. The summed E-state index contributed by atoms with van der Waals surface area (Å²) in [6.45, 7) is 2.11. The van der Waals surface area contributed by atoms with Crippen LogP contribution in [0.5, 0.6) is 0 Å². The molecule has 0 aromatic heterocycles. The van der Waals surface area contributed by atoms with Gasteiger partial charge in [-0.3, -0.25) is 0 Å². The van der Waals surface area contributed by atoms with Crippen molar-refractivity contribution in [2.75, 3.05) is 0 Å². The Morgan fingerprint density at radius 3 is 2.83 bits per heavy atom. The molecule has 0 fully saturated rings. The van der Waals surface area contributed by atoms with Gasteiger partial charge < -0.3 is 4.84 Å². The first-order valence-corrected chi connectivity index (χ1v) is 4.22. The summed E-state index contributed by atoms with van der Waals surface area (Å²) >= 11 is 0. The van der Waals surface area contributed by atoms with E-state index < -0.39 is 0 Å². The van der Waals surface area contributed by atoms with E-state index in [9.17, 15) is 4.91 Å². The first kappa shape index (κ1) is 8.97. The SMILES string of the molecule is CCCC1C=CC=CC1ON=O. The van der Waals surface area contributed by atoms with Crippen LogP contribution in [0.2, 0.25) is 0 Å². The Bertz CT molecular complexity index is 199. The first-order valence-electron chi connectivity index (χ1n) is 4.22. The van der Waals surface area contributed by atoms with Crippen LogP contribution in [-0.4, -0.2) is 6.10 Å². The molecule has 0 N–H and O–H groups in total. The van der Waals surface area contributed by atoms with Crippen LogP contribution < -0.4 is 0 Å². The van der Waals surface area contributed by atoms with Gasteiger partial charge in [0.25, 0.3) is 0 Å². The molecule has 1 aliphatic carbocycles. The lowest BCUT2D eigenvalue weighted by molar-refractivity contribution is 0.0566. The van der Waals surface area contributed by atoms with Gasteiger partial charge >= 0.3 is 0 Å². The van der Waals surface area contributed by atoms with E-state index >= 15 is 0 Å². The molecule has 0 saturated carbocycles. The molecule has 0 aromatic carbocycles. The average molecular weight is 167 g/mol. The van der Waals surface area contributed by atoms with E-state index in [1.165, 1.54) is 0 Å². The van der Waals surface area contributed by atoms with Crippen LogP contribution in [0.1, 0.15) is 19.8 Å². The van der Waals surface area contributed by atoms with Crippen molar-refractivity contribution in [3.63, 3.8) is 0 Å². The Balaban J connectivity index is 2.51. The molecular formula is C9H13NO2. The van der Waals surface area contributed by atoms with Crippen LogP contribution in [0, 0.1) is 10.8 Å². The third-order valence-electron chi connectivity index (χ3n) is 1.98. The fourth-order valence-electron chi connectivity index (χ4n) is 1.39. The number of hydrogen-bond acceptors (Lipinski definition) is 3. The second-order valence-corrected chi connectivity index (χ2v) is 2.87. The van der Waals surface area contributed by atoms with E-state index in [-0.39, 0.29) is 6.10 Å². The summed E-state index contributed by atoms with van der Waals surface area (Å²) in [5, 5.41) is 2.46. The standard InChI is InChI=1S/C9H13NO2/c1-2-5-8-6-3-4-7-9(8)12-10-11/h3-4,6-9H,2,5H2,1H3. The second-order valence-electron chi connectivity index (χ2n) is 2.87. The molecule has 66 valence electrons. The fourth-order valence-corrected chi connectivity index (χ4v) is 1.39. The summed E-state index contributed by atoms with van der Waals surface area (Å²) in [5.74, 6) is 0.303. The van der Waals surface area contributed by atoms with E-state index in [4.69, 9.17) is 0 Å². The van der Waals surface area contributed by atoms with Crippen LogP contribution in [0.3, 0.4) is 0 Å². The Kier molecular flexibility index (Phi) is 3.51. The number of rotatable bonds is 4. The third kappa shape index (κ3) is 2.19. The summed E-state index contributed by atoms with van der Waals surface area (Å²) in [5.41, 5.74) is 0. The van der Waals surface area contributed by atoms with E-state index in [2.05, 4.69) is 23.2 Å². The Morgan fingerprint density at radius 2 is 2.17 bits per heavy atom. The molecule has 1 rings (SSSR count). The van der Waals surface area contributed by atoms with Gasteiger partial charge in [0.2, 0.25) is 0 Å². The Hall–Kier alpha value is -1.12. The lowest BCUT2D eigenvalue weighted by Crippen LogP contribution is -2.19. The normalized spacial score (nSPS) is 27.1. The second kappa shape index (κ2) is 4.70.